The van der Waals surface area contributed by atoms with E-state index in [-0.39, 0.29) is 6.54 Å². The molecule has 0 aliphatic carbocycles. The molecule has 0 aliphatic heterocycles. The van der Waals surface area contributed by atoms with Crippen molar-refractivity contribution in [2.45, 2.75) is 13.5 Å². The number of halogens is 1. The molecule has 0 saturated carbocycles. The lowest BCUT2D eigenvalue weighted by Crippen LogP contribution is -2.68. The lowest BCUT2D eigenvalue weighted by atomic mass is 10.3. The monoisotopic (exact) mass is 278 g/mol. The molecule has 0 atom stereocenters. The van der Waals surface area contributed by atoms with Crippen molar-refractivity contribution in [1.29, 1.82) is 0 Å². The van der Waals surface area contributed by atoms with E-state index < -0.39 is 10.2 Å². The van der Waals surface area contributed by atoms with E-state index in [2.05, 4.69) is 15.0 Å². The molecule has 2 N–H and O–H groups in total. The average molecular weight is 279 g/mol. The maximum Gasteiger partial charge on any atom is 0.297 e. The van der Waals surface area contributed by atoms with Crippen LogP contribution in [0.5, 0.6) is 0 Å². The van der Waals surface area contributed by atoms with Gasteiger partial charge in [0.15, 0.2) is 0 Å². The van der Waals surface area contributed by atoms with Crippen LogP contribution in [0.3, 0.4) is 0 Å². The molecule has 0 radical (unpaired) electrons. The second kappa shape index (κ2) is 6.91. The highest BCUT2D eigenvalue weighted by molar-refractivity contribution is 5.35. The second-order valence-electron chi connectivity index (χ2n) is 3.08. The molecule has 1 rings (SSSR count). The van der Waals surface area contributed by atoms with Gasteiger partial charge in [-0.2, -0.15) is 0 Å². The Balaban J connectivity index is 0.000000494. The van der Waals surface area contributed by atoms with Gasteiger partial charge in [0, 0.05) is 11.8 Å². The number of anilines is 1. The predicted octanol–water partition coefficient (Wildman–Crippen LogP) is -4.15. The van der Waals surface area contributed by atoms with E-state index in [9.17, 15) is 0 Å². The van der Waals surface area contributed by atoms with Crippen LogP contribution in [0.1, 0.15) is 11.4 Å². The molecule has 0 fully saturated rings. The third-order valence-corrected chi connectivity index (χ3v) is 1.78. The van der Waals surface area contributed by atoms with E-state index in [1.165, 1.54) is 0 Å². The fourth-order valence-electron chi connectivity index (χ4n) is 0.948. The number of nitrogens with zero attached hydrogens (tertiary/aromatic N) is 5. The van der Waals surface area contributed by atoms with Gasteiger partial charge >= 0.3 is 0 Å². The molecular formula is C7H11ClN6O4. The molecule has 0 amide bonds. The summed E-state index contributed by atoms with van der Waals surface area (Å²) in [5.74, 6) is 1.24. The van der Waals surface area contributed by atoms with Crippen molar-refractivity contribution in [2.24, 2.45) is 12.2 Å². The summed E-state index contributed by atoms with van der Waals surface area (Å²) < 4.78 is 35.8. The zero-order chi connectivity index (χ0) is 14.3. The van der Waals surface area contributed by atoms with E-state index in [4.69, 9.17) is 29.9 Å². The standard InChI is InChI=1S/C7H10N6.ClHO4/c1-5-11-7(8)6(3-10-12-9)4-13(5)2;2-1(3,4)5/h4,8H,3H2,1-2H3;(H,2,3,4,5). The summed E-state index contributed by atoms with van der Waals surface area (Å²) in [6.45, 7) is 2.09. The first kappa shape index (κ1) is 16.3. The Morgan fingerprint density at radius 1 is 1.50 bits per heavy atom. The Labute approximate surface area is 104 Å². The van der Waals surface area contributed by atoms with Gasteiger partial charge in [0.05, 0.1) is 25.4 Å². The van der Waals surface area contributed by atoms with Crippen molar-refractivity contribution in [3.8, 4) is 0 Å². The number of hydrogen-bond donors (Lipinski definition) is 1. The van der Waals surface area contributed by atoms with Crippen molar-refractivity contribution in [3.63, 3.8) is 0 Å². The first-order valence-electron chi connectivity index (χ1n) is 4.39. The van der Waals surface area contributed by atoms with Gasteiger partial charge in [0.2, 0.25) is 5.82 Å². The van der Waals surface area contributed by atoms with Crippen molar-refractivity contribution in [1.82, 2.24) is 4.98 Å². The maximum atomic E-state index is 8.49. The van der Waals surface area contributed by atoms with Crippen LogP contribution in [0.15, 0.2) is 11.3 Å². The topological polar surface area (TPSA) is 184 Å². The molecule has 11 heteroatoms. The highest BCUT2D eigenvalue weighted by Crippen LogP contribution is 2.06. The van der Waals surface area contributed by atoms with Crippen molar-refractivity contribution in [2.75, 3.05) is 5.73 Å². The third-order valence-electron chi connectivity index (χ3n) is 1.78. The van der Waals surface area contributed by atoms with Crippen LogP contribution in [0.4, 0.5) is 5.82 Å². The molecule has 1 aromatic rings. The van der Waals surface area contributed by atoms with Gasteiger partial charge in [-0.3, -0.25) is 0 Å². The SMILES string of the molecule is Cc1nc(N)c(CN=[N+]=[N-])c[n+]1C.[O-][Cl+3]([O-])([O-])[O-]. The molecule has 18 heavy (non-hydrogen) atoms. The van der Waals surface area contributed by atoms with Crippen LogP contribution in [0.25, 0.3) is 10.4 Å². The molecule has 10 nitrogen and oxygen atoms in total. The van der Waals surface area contributed by atoms with Crippen LogP contribution in [0, 0.1) is 17.2 Å². The molecule has 0 bridgehead atoms. The Kier molecular flexibility index (Phi) is 6.27. The second-order valence-corrected chi connectivity index (χ2v) is 3.83. The molecular weight excluding hydrogens is 268 g/mol. The number of nitrogens with two attached hydrogens (primary N) is 1. The first-order valence-corrected chi connectivity index (χ1v) is 5.63. The zero-order valence-electron chi connectivity index (χ0n) is 9.61. The number of rotatable bonds is 2. The number of aromatic nitrogens is 2. The predicted molar refractivity (Wildman–Crippen MR) is 47.4 cm³/mol. The summed E-state index contributed by atoms with van der Waals surface area (Å²) in [7, 11) is -3.08. The van der Waals surface area contributed by atoms with E-state index in [1.54, 1.807) is 0 Å². The van der Waals surface area contributed by atoms with Crippen LogP contribution >= 0.6 is 0 Å². The van der Waals surface area contributed by atoms with Gasteiger partial charge < -0.3 is 5.73 Å². The van der Waals surface area contributed by atoms with Gasteiger partial charge in [-0.15, -0.1) is 10.2 Å². The highest BCUT2D eigenvalue weighted by atomic mass is 35.7. The summed E-state index contributed by atoms with van der Waals surface area (Å²) in [5.41, 5.74) is 14.5. The summed E-state index contributed by atoms with van der Waals surface area (Å²) >= 11 is 0. The number of nitrogen functional groups attached to an aromatic ring is 1. The molecule has 0 spiro atoms. The normalized spacial score (nSPS) is 10.1. The molecule has 1 heterocycles. The van der Waals surface area contributed by atoms with Gasteiger partial charge in [-0.1, -0.05) is 5.11 Å². The molecule has 1 aromatic heterocycles. The smallest absolute Gasteiger partial charge is 0.297 e. The minimum absolute atomic E-state index is 0.240. The van der Waals surface area contributed by atoms with Gasteiger partial charge in [-0.25, -0.2) is 23.2 Å². The maximum absolute atomic E-state index is 8.49. The minimum atomic E-state index is -4.94. The summed E-state index contributed by atoms with van der Waals surface area (Å²) in [4.78, 5) is 6.74. The zero-order valence-corrected chi connectivity index (χ0v) is 10.4. The van der Waals surface area contributed by atoms with Crippen LogP contribution in [0.2, 0.25) is 0 Å². The quantitative estimate of drug-likeness (QED) is 0.247. The Morgan fingerprint density at radius 3 is 2.44 bits per heavy atom. The average Bonchev–Trinajstić information content (AvgIpc) is 2.19. The molecule has 0 unspecified atom stereocenters. The number of aryl methyl sites for hydroxylation is 2. The molecule has 0 aliphatic rings. The lowest BCUT2D eigenvalue weighted by molar-refractivity contribution is -2.00. The van der Waals surface area contributed by atoms with Crippen LogP contribution < -0.4 is 28.9 Å². The van der Waals surface area contributed by atoms with Gasteiger partial charge in [-0.05, 0) is 10.5 Å². The van der Waals surface area contributed by atoms with E-state index >= 15 is 0 Å². The van der Waals surface area contributed by atoms with E-state index in [1.807, 2.05) is 24.7 Å². The van der Waals surface area contributed by atoms with Crippen LogP contribution in [-0.4, -0.2) is 4.98 Å². The number of hydrogen-bond acceptors (Lipinski definition) is 7. The summed E-state index contributed by atoms with van der Waals surface area (Å²) in [6.07, 6.45) is 1.81. The molecule has 0 saturated heterocycles. The first-order chi connectivity index (χ1) is 8.15. The number of azide groups is 1. The third kappa shape index (κ3) is 7.57. The fraction of sp³-hybridized carbons (Fsp3) is 0.429. The summed E-state index contributed by atoms with van der Waals surface area (Å²) in [6, 6.07) is 0. The Hall–Kier alpha value is -1.68. The van der Waals surface area contributed by atoms with E-state index in [0.29, 0.717) is 5.82 Å². The van der Waals surface area contributed by atoms with Crippen molar-refractivity contribution >= 4 is 5.82 Å². The van der Waals surface area contributed by atoms with Crippen molar-refractivity contribution < 1.29 is 33.4 Å². The lowest BCUT2D eigenvalue weighted by Gasteiger charge is -2.17. The Morgan fingerprint density at radius 2 is 2.00 bits per heavy atom. The van der Waals surface area contributed by atoms with E-state index in [0.717, 1.165) is 11.4 Å². The van der Waals surface area contributed by atoms with Crippen molar-refractivity contribution in [3.05, 3.63) is 28.0 Å². The largest absolute Gasteiger partial charge is 0.363 e. The summed E-state index contributed by atoms with van der Waals surface area (Å²) in [5, 5.41) is 3.42. The Bertz CT molecular complexity index is 450. The molecule has 0 aromatic carbocycles. The van der Waals surface area contributed by atoms with Crippen LogP contribution in [-0.2, 0) is 13.6 Å². The highest BCUT2D eigenvalue weighted by Gasteiger charge is 2.10. The van der Waals surface area contributed by atoms with Gasteiger partial charge in [0.25, 0.3) is 5.82 Å². The minimum Gasteiger partial charge on any atom is -0.363 e. The van der Waals surface area contributed by atoms with Gasteiger partial charge in [0.1, 0.15) is 0 Å². The fourth-order valence-corrected chi connectivity index (χ4v) is 0.948. The molecule has 100 valence electrons.